The molecule has 2 heterocycles. The molecule has 2 saturated heterocycles. The molecule has 0 aliphatic carbocycles. The summed E-state index contributed by atoms with van der Waals surface area (Å²) in [7, 11) is 0. The lowest BCUT2D eigenvalue weighted by molar-refractivity contribution is -0.138. The van der Waals surface area contributed by atoms with Crippen molar-refractivity contribution in [2.45, 2.75) is 20.0 Å². The van der Waals surface area contributed by atoms with Crippen LogP contribution in [-0.4, -0.2) is 49.7 Å². The molecule has 1 amide bonds. The number of likely N-dealkylation sites (tertiary alicyclic amines) is 1. The second-order valence-corrected chi connectivity index (χ2v) is 4.84. The van der Waals surface area contributed by atoms with Crippen LogP contribution >= 0.6 is 0 Å². The van der Waals surface area contributed by atoms with Crippen molar-refractivity contribution in [1.82, 2.24) is 10.2 Å². The lowest BCUT2D eigenvalue weighted by Gasteiger charge is -2.27. The second-order valence-electron chi connectivity index (χ2n) is 4.84. The Balaban J connectivity index is 1.71. The number of carbonyl (C=O) groups is 1. The van der Waals surface area contributed by atoms with Crippen LogP contribution in [0.1, 0.15) is 13.8 Å². The SMILES string of the molecule is CC1CN(C(=O)COC2CNC2)CC1C. The fourth-order valence-corrected chi connectivity index (χ4v) is 1.99. The predicted octanol–water partition coefficient (Wildman–Crippen LogP) is 0.0892. The molecular formula is C11H20N2O2. The van der Waals surface area contributed by atoms with E-state index in [4.69, 9.17) is 4.74 Å². The summed E-state index contributed by atoms with van der Waals surface area (Å²) in [5.74, 6) is 1.40. The van der Waals surface area contributed by atoms with Crippen molar-refractivity contribution in [3.8, 4) is 0 Å². The molecular weight excluding hydrogens is 192 g/mol. The summed E-state index contributed by atoms with van der Waals surface area (Å²) < 4.78 is 5.47. The van der Waals surface area contributed by atoms with Gasteiger partial charge in [0.05, 0.1) is 6.10 Å². The molecule has 0 aromatic rings. The Morgan fingerprint density at radius 3 is 2.40 bits per heavy atom. The average Bonchev–Trinajstić information content (AvgIpc) is 2.44. The largest absolute Gasteiger partial charge is 0.366 e. The maximum atomic E-state index is 11.8. The van der Waals surface area contributed by atoms with Crippen molar-refractivity contribution in [2.75, 3.05) is 32.8 Å². The van der Waals surface area contributed by atoms with Crippen LogP contribution in [0.5, 0.6) is 0 Å². The third-order valence-electron chi connectivity index (χ3n) is 3.53. The zero-order valence-corrected chi connectivity index (χ0v) is 9.53. The van der Waals surface area contributed by atoms with Gasteiger partial charge in [-0.2, -0.15) is 0 Å². The van der Waals surface area contributed by atoms with Crippen molar-refractivity contribution in [3.63, 3.8) is 0 Å². The van der Waals surface area contributed by atoms with Crippen molar-refractivity contribution in [1.29, 1.82) is 0 Å². The minimum Gasteiger partial charge on any atom is -0.366 e. The van der Waals surface area contributed by atoms with Gasteiger partial charge in [-0.25, -0.2) is 0 Å². The summed E-state index contributed by atoms with van der Waals surface area (Å²) in [5, 5.41) is 3.12. The first-order chi connectivity index (χ1) is 7.16. The Morgan fingerprint density at radius 1 is 1.33 bits per heavy atom. The van der Waals surface area contributed by atoms with Crippen LogP contribution in [0, 0.1) is 11.8 Å². The lowest BCUT2D eigenvalue weighted by atomic mass is 10.0. The summed E-state index contributed by atoms with van der Waals surface area (Å²) in [4.78, 5) is 13.7. The van der Waals surface area contributed by atoms with E-state index in [1.165, 1.54) is 0 Å². The summed E-state index contributed by atoms with van der Waals surface area (Å²) in [6.07, 6.45) is 0.256. The molecule has 2 rings (SSSR count). The summed E-state index contributed by atoms with van der Waals surface area (Å²) in [6.45, 7) is 8.23. The molecule has 0 radical (unpaired) electrons. The van der Waals surface area contributed by atoms with Crippen LogP contribution in [0.4, 0.5) is 0 Å². The van der Waals surface area contributed by atoms with Gasteiger partial charge in [-0.1, -0.05) is 13.8 Å². The van der Waals surface area contributed by atoms with Crippen LogP contribution in [0.25, 0.3) is 0 Å². The van der Waals surface area contributed by atoms with Crippen molar-refractivity contribution in [2.24, 2.45) is 11.8 Å². The van der Waals surface area contributed by atoms with Gasteiger partial charge in [-0.15, -0.1) is 0 Å². The number of hydrogen-bond acceptors (Lipinski definition) is 3. The molecule has 0 aromatic heterocycles. The first kappa shape index (κ1) is 10.9. The molecule has 2 atom stereocenters. The molecule has 2 aliphatic heterocycles. The summed E-state index contributed by atoms with van der Waals surface area (Å²) in [5.41, 5.74) is 0. The number of nitrogens with zero attached hydrogens (tertiary/aromatic N) is 1. The molecule has 0 bridgehead atoms. The zero-order chi connectivity index (χ0) is 10.8. The third kappa shape index (κ3) is 2.49. The van der Waals surface area contributed by atoms with E-state index in [9.17, 15) is 4.79 Å². The predicted molar refractivity (Wildman–Crippen MR) is 57.5 cm³/mol. The molecule has 86 valence electrons. The van der Waals surface area contributed by atoms with Crippen molar-refractivity contribution in [3.05, 3.63) is 0 Å². The minimum atomic E-state index is 0.151. The Labute approximate surface area is 91.0 Å². The molecule has 2 aliphatic rings. The molecule has 0 aromatic carbocycles. The van der Waals surface area contributed by atoms with Crippen LogP contribution in [-0.2, 0) is 9.53 Å². The topological polar surface area (TPSA) is 41.6 Å². The average molecular weight is 212 g/mol. The summed E-state index contributed by atoms with van der Waals surface area (Å²) >= 11 is 0. The standard InChI is InChI=1S/C11H20N2O2/c1-8-5-13(6-9(8)2)11(14)7-15-10-3-12-4-10/h8-10,12H,3-7H2,1-2H3. The minimum absolute atomic E-state index is 0.151. The Bertz CT molecular complexity index is 231. The monoisotopic (exact) mass is 212 g/mol. The van der Waals surface area contributed by atoms with E-state index in [-0.39, 0.29) is 18.6 Å². The fourth-order valence-electron chi connectivity index (χ4n) is 1.99. The number of nitrogens with one attached hydrogen (secondary N) is 1. The molecule has 0 saturated carbocycles. The van der Waals surface area contributed by atoms with Gasteiger partial charge in [0.1, 0.15) is 6.61 Å². The van der Waals surface area contributed by atoms with E-state index in [0.29, 0.717) is 11.8 Å². The van der Waals surface area contributed by atoms with E-state index >= 15 is 0 Å². The van der Waals surface area contributed by atoms with Crippen molar-refractivity contribution >= 4 is 5.91 Å². The van der Waals surface area contributed by atoms with Gasteiger partial charge in [0.15, 0.2) is 0 Å². The quantitative estimate of drug-likeness (QED) is 0.721. The van der Waals surface area contributed by atoms with Crippen LogP contribution < -0.4 is 5.32 Å². The van der Waals surface area contributed by atoms with Crippen molar-refractivity contribution < 1.29 is 9.53 Å². The molecule has 2 fully saturated rings. The van der Waals surface area contributed by atoms with Gasteiger partial charge in [-0.3, -0.25) is 4.79 Å². The van der Waals surface area contributed by atoms with Gasteiger partial charge >= 0.3 is 0 Å². The number of carbonyl (C=O) groups excluding carboxylic acids is 1. The van der Waals surface area contributed by atoms with Gasteiger partial charge < -0.3 is 15.0 Å². The molecule has 0 spiro atoms. The molecule has 4 nitrogen and oxygen atoms in total. The van der Waals surface area contributed by atoms with Gasteiger partial charge in [0, 0.05) is 26.2 Å². The van der Waals surface area contributed by atoms with E-state index in [2.05, 4.69) is 19.2 Å². The Hall–Kier alpha value is -0.610. The molecule has 15 heavy (non-hydrogen) atoms. The molecule has 1 N–H and O–H groups in total. The van der Waals surface area contributed by atoms with Gasteiger partial charge in [0.2, 0.25) is 5.91 Å². The number of hydrogen-bond donors (Lipinski definition) is 1. The van der Waals surface area contributed by atoms with Crippen LogP contribution in [0.3, 0.4) is 0 Å². The highest BCUT2D eigenvalue weighted by molar-refractivity contribution is 5.77. The van der Waals surface area contributed by atoms with Gasteiger partial charge in [0.25, 0.3) is 0 Å². The molecule has 2 unspecified atom stereocenters. The van der Waals surface area contributed by atoms with E-state index < -0.39 is 0 Å². The highest BCUT2D eigenvalue weighted by Gasteiger charge is 2.29. The van der Waals surface area contributed by atoms with E-state index in [1.807, 2.05) is 4.90 Å². The second kappa shape index (κ2) is 4.49. The molecule has 4 heteroatoms. The lowest BCUT2D eigenvalue weighted by Crippen LogP contribution is -2.49. The summed E-state index contributed by atoms with van der Waals surface area (Å²) in [6, 6.07) is 0. The smallest absolute Gasteiger partial charge is 0.248 e. The van der Waals surface area contributed by atoms with Gasteiger partial charge in [-0.05, 0) is 11.8 Å². The highest BCUT2D eigenvalue weighted by Crippen LogP contribution is 2.22. The first-order valence-electron chi connectivity index (χ1n) is 5.77. The zero-order valence-electron chi connectivity index (χ0n) is 9.53. The Kier molecular flexibility index (Phi) is 3.26. The first-order valence-corrected chi connectivity index (χ1v) is 5.77. The van der Waals surface area contributed by atoms with E-state index in [1.54, 1.807) is 0 Å². The Morgan fingerprint density at radius 2 is 1.93 bits per heavy atom. The number of rotatable bonds is 3. The van der Waals surface area contributed by atoms with Crippen LogP contribution in [0.15, 0.2) is 0 Å². The number of ether oxygens (including phenoxy) is 1. The number of amides is 1. The third-order valence-corrected chi connectivity index (χ3v) is 3.53. The normalized spacial score (nSPS) is 31.7. The van der Waals surface area contributed by atoms with Crippen LogP contribution in [0.2, 0.25) is 0 Å². The maximum Gasteiger partial charge on any atom is 0.248 e. The maximum absolute atomic E-state index is 11.8. The highest BCUT2D eigenvalue weighted by atomic mass is 16.5. The fraction of sp³-hybridized carbons (Fsp3) is 0.909. The van der Waals surface area contributed by atoms with E-state index in [0.717, 1.165) is 26.2 Å².